The zero-order chi connectivity index (χ0) is 19.3. The third-order valence-corrected chi connectivity index (χ3v) is 3.99. The van der Waals surface area contributed by atoms with Gasteiger partial charge in [-0.15, -0.1) is 0 Å². The summed E-state index contributed by atoms with van der Waals surface area (Å²) < 4.78 is 1.34. The first-order valence-corrected chi connectivity index (χ1v) is 7.87. The maximum absolute atomic E-state index is 11.9. The minimum absolute atomic E-state index is 0.0204. The molecule has 9 heteroatoms. The van der Waals surface area contributed by atoms with Gasteiger partial charge in [-0.25, -0.2) is 4.79 Å². The smallest absolute Gasteiger partial charge is 0.326 e. The first kappa shape index (κ1) is 19.1. The quantitative estimate of drug-likeness (QED) is 0.458. The lowest BCUT2D eigenvalue weighted by molar-refractivity contribution is -0.142. The summed E-state index contributed by atoms with van der Waals surface area (Å²) in [5, 5.41) is 21.2. The number of carboxylic acid groups (broad SMARTS) is 2. The first-order chi connectivity index (χ1) is 12.3. The van der Waals surface area contributed by atoms with Gasteiger partial charge in [0, 0.05) is 24.4 Å². The standard InChI is InChI=1S/C17H19N3O6/c18-12(16(23)24)5-6-15(22)19-13(17(25)26)7-10-8-20(9-21)14-4-2-1-3-11(10)14/h1-4,8-9,12-13H,5-7,18H2,(H,19,22)(H,23,24)(H,25,26)/t12-,13-/m0/s1. The molecule has 0 fully saturated rings. The molecule has 0 radical (unpaired) electrons. The van der Waals surface area contributed by atoms with Crippen molar-refractivity contribution in [3.8, 4) is 0 Å². The SMILES string of the molecule is N[C@@H](CCC(=O)N[C@@H](Cc1cn(C=O)c2ccccc12)C(=O)O)C(=O)O. The highest BCUT2D eigenvalue weighted by Gasteiger charge is 2.23. The van der Waals surface area contributed by atoms with E-state index in [0.29, 0.717) is 22.9 Å². The van der Waals surface area contributed by atoms with Crippen molar-refractivity contribution < 1.29 is 29.4 Å². The Bertz CT molecular complexity index is 844. The predicted octanol–water partition coefficient (Wildman–Crippen LogP) is -0.0164. The third kappa shape index (κ3) is 4.45. The largest absolute Gasteiger partial charge is 0.480 e. The number of rotatable bonds is 9. The van der Waals surface area contributed by atoms with E-state index >= 15 is 0 Å². The van der Waals surface area contributed by atoms with Crippen LogP contribution in [0.2, 0.25) is 0 Å². The van der Waals surface area contributed by atoms with Gasteiger partial charge in [-0.05, 0) is 18.1 Å². The highest BCUT2D eigenvalue weighted by molar-refractivity contribution is 5.90. The van der Waals surface area contributed by atoms with E-state index in [9.17, 15) is 24.3 Å². The van der Waals surface area contributed by atoms with Crippen molar-refractivity contribution in [2.75, 3.05) is 0 Å². The van der Waals surface area contributed by atoms with Gasteiger partial charge in [0.25, 0.3) is 0 Å². The maximum atomic E-state index is 11.9. The summed E-state index contributed by atoms with van der Waals surface area (Å²) in [5.74, 6) is -3.06. The zero-order valence-corrected chi connectivity index (χ0v) is 13.8. The van der Waals surface area contributed by atoms with Crippen LogP contribution in [0.15, 0.2) is 30.5 Å². The van der Waals surface area contributed by atoms with E-state index in [-0.39, 0.29) is 19.3 Å². The molecule has 0 aliphatic carbocycles. The number of carbonyl (C=O) groups is 4. The van der Waals surface area contributed by atoms with Crippen LogP contribution in [0.5, 0.6) is 0 Å². The molecule has 26 heavy (non-hydrogen) atoms. The van der Waals surface area contributed by atoms with Gasteiger partial charge in [-0.2, -0.15) is 0 Å². The van der Waals surface area contributed by atoms with Crippen LogP contribution in [0, 0.1) is 0 Å². The number of hydrogen-bond donors (Lipinski definition) is 4. The number of aromatic nitrogens is 1. The van der Waals surface area contributed by atoms with Gasteiger partial charge >= 0.3 is 11.9 Å². The van der Waals surface area contributed by atoms with Crippen LogP contribution in [0.1, 0.15) is 18.4 Å². The molecule has 2 atom stereocenters. The van der Waals surface area contributed by atoms with Crippen LogP contribution in [0.4, 0.5) is 0 Å². The van der Waals surface area contributed by atoms with Crippen molar-refractivity contribution >= 4 is 35.2 Å². The number of para-hydroxylation sites is 1. The van der Waals surface area contributed by atoms with Crippen LogP contribution >= 0.6 is 0 Å². The zero-order valence-electron chi connectivity index (χ0n) is 13.8. The Hall–Kier alpha value is -3.20. The molecule has 9 nitrogen and oxygen atoms in total. The lowest BCUT2D eigenvalue weighted by Crippen LogP contribution is -2.43. The van der Waals surface area contributed by atoms with Crippen molar-refractivity contribution in [3.05, 3.63) is 36.0 Å². The molecule has 138 valence electrons. The number of benzene rings is 1. The molecule has 1 aromatic carbocycles. The number of hydrogen-bond acceptors (Lipinski definition) is 5. The van der Waals surface area contributed by atoms with E-state index < -0.39 is 29.9 Å². The lowest BCUT2D eigenvalue weighted by atomic mass is 10.0. The summed E-state index contributed by atoms with van der Waals surface area (Å²) in [5.41, 5.74) is 6.57. The van der Waals surface area contributed by atoms with Crippen LogP contribution < -0.4 is 11.1 Å². The van der Waals surface area contributed by atoms with Crippen molar-refractivity contribution in [2.24, 2.45) is 5.73 Å². The maximum Gasteiger partial charge on any atom is 0.326 e. The number of fused-ring (bicyclic) bond motifs is 1. The van der Waals surface area contributed by atoms with Gasteiger partial charge in [0.1, 0.15) is 12.1 Å². The molecule has 2 aromatic rings. The Kier molecular flexibility index (Phi) is 6.07. The summed E-state index contributed by atoms with van der Waals surface area (Å²) in [6, 6.07) is 4.62. The fourth-order valence-corrected chi connectivity index (χ4v) is 2.62. The van der Waals surface area contributed by atoms with Gasteiger partial charge < -0.3 is 21.3 Å². The fourth-order valence-electron chi connectivity index (χ4n) is 2.62. The monoisotopic (exact) mass is 361 g/mol. The van der Waals surface area contributed by atoms with E-state index in [2.05, 4.69) is 5.32 Å². The molecule has 0 spiro atoms. The molecule has 1 amide bonds. The molecule has 2 rings (SSSR count). The molecule has 0 bridgehead atoms. The molecule has 5 N–H and O–H groups in total. The van der Waals surface area contributed by atoms with E-state index in [0.717, 1.165) is 0 Å². The second-order valence-corrected chi connectivity index (χ2v) is 5.83. The minimum Gasteiger partial charge on any atom is -0.480 e. The molecular weight excluding hydrogens is 342 g/mol. The molecule has 0 unspecified atom stereocenters. The topological polar surface area (TPSA) is 152 Å². The van der Waals surface area contributed by atoms with Crippen molar-refractivity contribution in [1.29, 1.82) is 0 Å². The number of carbonyl (C=O) groups excluding carboxylic acids is 2. The van der Waals surface area contributed by atoms with Gasteiger partial charge in [0.15, 0.2) is 0 Å². The van der Waals surface area contributed by atoms with Gasteiger partial charge in [0.2, 0.25) is 12.3 Å². The highest BCUT2D eigenvalue weighted by Crippen LogP contribution is 2.21. The van der Waals surface area contributed by atoms with Crippen LogP contribution in [0.3, 0.4) is 0 Å². The number of amides is 1. The van der Waals surface area contributed by atoms with E-state index in [4.69, 9.17) is 10.8 Å². The summed E-state index contributed by atoms with van der Waals surface area (Å²) in [7, 11) is 0. The molecule has 0 aliphatic heterocycles. The highest BCUT2D eigenvalue weighted by atomic mass is 16.4. The normalized spacial score (nSPS) is 13.1. The summed E-state index contributed by atoms with van der Waals surface area (Å²) in [6.07, 6.45) is 1.83. The minimum atomic E-state index is -1.23. The lowest BCUT2D eigenvalue weighted by Gasteiger charge is -2.15. The van der Waals surface area contributed by atoms with Gasteiger partial charge in [-0.1, -0.05) is 18.2 Å². The Morgan fingerprint density at radius 2 is 1.88 bits per heavy atom. The molecular formula is C17H19N3O6. The number of nitrogens with two attached hydrogens (primary N) is 1. The second-order valence-electron chi connectivity index (χ2n) is 5.83. The van der Waals surface area contributed by atoms with Crippen molar-refractivity contribution in [1.82, 2.24) is 9.88 Å². The van der Waals surface area contributed by atoms with E-state index in [1.165, 1.54) is 10.8 Å². The van der Waals surface area contributed by atoms with Crippen LogP contribution in [-0.4, -0.2) is 51.1 Å². The molecule has 0 saturated heterocycles. The molecule has 1 heterocycles. The van der Waals surface area contributed by atoms with Crippen LogP contribution in [-0.2, 0) is 25.6 Å². The molecule has 0 aliphatic rings. The average Bonchev–Trinajstić information content (AvgIpc) is 2.96. The molecule has 1 aromatic heterocycles. The molecule has 0 saturated carbocycles. The summed E-state index contributed by atoms with van der Waals surface area (Å²) in [4.78, 5) is 45.2. The van der Waals surface area contributed by atoms with Crippen molar-refractivity contribution in [3.63, 3.8) is 0 Å². The number of aliphatic carboxylic acids is 2. The Morgan fingerprint density at radius 3 is 2.50 bits per heavy atom. The van der Waals surface area contributed by atoms with Crippen LogP contribution in [0.25, 0.3) is 10.9 Å². The first-order valence-electron chi connectivity index (χ1n) is 7.87. The average molecular weight is 361 g/mol. The summed E-state index contributed by atoms with van der Waals surface area (Å²) in [6.45, 7) is 0. The Balaban J connectivity index is 2.12. The van der Waals surface area contributed by atoms with E-state index in [1.807, 2.05) is 0 Å². The Labute approximate surface area is 148 Å². The van der Waals surface area contributed by atoms with Gasteiger partial charge in [-0.3, -0.25) is 19.0 Å². The summed E-state index contributed by atoms with van der Waals surface area (Å²) >= 11 is 0. The Morgan fingerprint density at radius 1 is 1.19 bits per heavy atom. The van der Waals surface area contributed by atoms with Crippen molar-refractivity contribution in [2.45, 2.75) is 31.3 Å². The second kappa shape index (κ2) is 8.26. The number of nitrogens with zero attached hydrogens (tertiary/aromatic N) is 1. The number of carboxylic acids is 2. The fraction of sp³-hybridized carbons (Fsp3) is 0.294. The van der Waals surface area contributed by atoms with E-state index in [1.54, 1.807) is 24.3 Å². The predicted molar refractivity (Wildman–Crippen MR) is 92.2 cm³/mol. The van der Waals surface area contributed by atoms with Gasteiger partial charge in [0.05, 0.1) is 5.52 Å². The third-order valence-electron chi connectivity index (χ3n) is 3.99. The number of nitrogens with one attached hydrogen (secondary N) is 1.